The molecule has 0 saturated heterocycles. The van der Waals surface area contributed by atoms with Crippen LogP contribution >= 0.6 is 0 Å². The predicted octanol–water partition coefficient (Wildman–Crippen LogP) is 16.5. The highest BCUT2D eigenvalue weighted by atomic mass is 16.5. The standard InChI is InChI=1S/C68H44N6O2/c1-3-15-47(55-19-5-7-33-69-55)45(13-1)43-26-30-58-54(40-43)66-60(24-12-36-72-66)74(58)61-21-9-17-49-51-37-42(27-31-63(51)75-67(49)61)41-25-29-57-53(38-41)65-59(23-11-35-71-65)73(57)62-22-10-18-50-52-39-44(28-32-64(52)76-68(50)62)46-14-2-4-16-48(46)56-20-6-8-34-70-56/h1,3,5-40,51,63H,2,4H2. The summed E-state index contributed by atoms with van der Waals surface area (Å²) < 4.78 is 18.5. The van der Waals surface area contributed by atoms with Gasteiger partial charge < -0.3 is 18.3 Å². The molecule has 8 heterocycles. The van der Waals surface area contributed by atoms with Gasteiger partial charge in [0.25, 0.3) is 0 Å². The van der Waals surface area contributed by atoms with Crippen molar-refractivity contribution in [2.75, 3.05) is 0 Å². The largest absolute Gasteiger partial charge is 0.483 e. The second-order valence-electron chi connectivity index (χ2n) is 19.9. The van der Waals surface area contributed by atoms with Crippen LogP contribution in [-0.2, 0) is 0 Å². The van der Waals surface area contributed by atoms with E-state index >= 15 is 0 Å². The molecule has 0 bridgehead atoms. The van der Waals surface area contributed by atoms with Gasteiger partial charge in [0.15, 0.2) is 5.58 Å². The van der Waals surface area contributed by atoms with Crippen LogP contribution in [-0.4, -0.2) is 35.2 Å². The van der Waals surface area contributed by atoms with Crippen LogP contribution in [0.1, 0.15) is 41.1 Å². The van der Waals surface area contributed by atoms with Gasteiger partial charge in [-0.1, -0.05) is 103 Å². The maximum atomic E-state index is 6.99. The molecule has 2 aliphatic carbocycles. The van der Waals surface area contributed by atoms with Gasteiger partial charge in [0.1, 0.15) is 17.4 Å². The molecule has 2 atom stereocenters. The minimum Gasteiger partial charge on any atom is -0.483 e. The zero-order chi connectivity index (χ0) is 49.8. The van der Waals surface area contributed by atoms with Crippen molar-refractivity contribution < 1.29 is 9.15 Å². The number of hydrogen-bond donors (Lipinski definition) is 0. The van der Waals surface area contributed by atoms with Crippen LogP contribution in [0.25, 0.3) is 116 Å². The van der Waals surface area contributed by atoms with E-state index in [2.05, 4.69) is 185 Å². The summed E-state index contributed by atoms with van der Waals surface area (Å²) in [5.74, 6) is 0.909. The number of furan rings is 1. The number of rotatable bonds is 7. The topological polar surface area (TPSA) is 83.8 Å². The molecule has 8 nitrogen and oxygen atoms in total. The minimum absolute atomic E-state index is 0.0178. The maximum Gasteiger partial charge on any atom is 0.159 e. The van der Waals surface area contributed by atoms with E-state index in [1.807, 2.05) is 55.1 Å². The van der Waals surface area contributed by atoms with Crippen molar-refractivity contribution in [3.8, 4) is 39.5 Å². The number of allylic oxidation sites excluding steroid dienone is 6. The molecule has 13 aromatic rings. The van der Waals surface area contributed by atoms with Crippen molar-refractivity contribution in [1.82, 2.24) is 29.1 Å². The summed E-state index contributed by atoms with van der Waals surface area (Å²) in [5.41, 5.74) is 22.0. The molecule has 0 radical (unpaired) electrons. The average molecular weight is 977 g/mol. The van der Waals surface area contributed by atoms with Gasteiger partial charge in [-0.15, -0.1) is 0 Å². The lowest BCUT2D eigenvalue weighted by atomic mass is 9.86. The maximum absolute atomic E-state index is 6.99. The van der Waals surface area contributed by atoms with Gasteiger partial charge in [-0.05, 0) is 149 Å². The fourth-order valence-electron chi connectivity index (χ4n) is 12.3. The Balaban J connectivity index is 0.765. The first-order chi connectivity index (χ1) is 37.7. The molecular formula is C68H44N6O2. The van der Waals surface area contributed by atoms with E-state index in [0.717, 1.165) is 146 Å². The van der Waals surface area contributed by atoms with E-state index in [1.165, 1.54) is 11.1 Å². The summed E-state index contributed by atoms with van der Waals surface area (Å²) in [4.78, 5) is 19.4. The van der Waals surface area contributed by atoms with Crippen LogP contribution in [0.2, 0.25) is 0 Å². The number of ether oxygens (including phenoxy) is 1. The second kappa shape index (κ2) is 16.8. The number of aromatic nitrogens is 6. The molecule has 358 valence electrons. The molecule has 2 unspecified atom stereocenters. The van der Waals surface area contributed by atoms with E-state index in [0.29, 0.717) is 0 Å². The fourth-order valence-corrected chi connectivity index (χ4v) is 12.3. The summed E-state index contributed by atoms with van der Waals surface area (Å²) >= 11 is 0. The predicted molar refractivity (Wildman–Crippen MR) is 307 cm³/mol. The highest BCUT2D eigenvalue weighted by Gasteiger charge is 2.36. The van der Waals surface area contributed by atoms with Crippen LogP contribution in [0.5, 0.6) is 5.75 Å². The lowest BCUT2D eigenvalue weighted by molar-refractivity contribution is 0.269. The van der Waals surface area contributed by atoms with E-state index in [1.54, 1.807) is 0 Å². The molecule has 8 heteroatoms. The lowest BCUT2D eigenvalue weighted by Crippen LogP contribution is -2.17. The monoisotopic (exact) mass is 976 g/mol. The van der Waals surface area contributed by atoms with Crippen molar-refractivity contribution in [3.63, 3.8) is 0 Å². The van der Waals surface area contributed by atoms with E-state index in [9.17, 15) is 0 Å². The van der Waals surface area contributed by atoms with Gasteiger partial charge in [0, 0.05) is 69.0 Å². The normalized spacial score (nSPS) is 16.1. The number of benzene rings is 6. The van der Waals surface area contributed by atoms with Crippen LogP contribution < -0.4 is 4.74 Å². The molecule has 76 heavy (non-hydrogen) atoms. The van der Waals surface area contributed by atoms with Crippen molar-refractivity contribution in [3.05, 3.63) is 253 Å². The van der Waals surface area contributed by atoms with Crippen LogP contribution in [0.4, 0.5) is 0 Å². The van der Waals surface area contributed by atoms with Crippen molar-refractivity contribution in [2.24, 2.45) is 0 Å². The quantitative estimate of drug-likeness (QED) is 0.158. The third kappa shape index (κ3) is 6.50. The minimum atomic E-state index is -0.146. The molecule has 0 N–H and O–H groups in total. The van der Waals surface area contributed by atoms with E-state index < -0.39 is 0 Å². The third-order valence-electron chi connectivity index (χ3n) is 15.7. The Morgan fingerprint density at radius 1 is 0.461 bits per heavy atom. The van der Waals surface area contributed by atoms with Gasteiger partial charge in [0.2, 0.25) is 0 Å². The van der Waals surface area contributed by atoms with Crippen molar-refractivity contribution in [2.45, 2.75) is 24.9 Å². The first-order valence-corrected chi connectivity index (χ1v) is 26.0. The summed E-state index contributed by atoms with van der Waals surface area (Å²) in [6.07, 6.45) is 20.8. The second-order valence-corrected chi connectivity index (χ2v) is 19.9. The van der Waals surface area contributed by atoms with Gasteiger partial charge in [0.05, 0.1) is 55.9 Å². The molecule has 0 spiro atoms. The molecule has 6 aromatic carbocycles. The molecule has 0 fully saturated rings. The van der Waals surface area contributed by atoms with Crippen molar-refractivity contribution in [1.29, 1.82) is 0 Å². The van der Waals surface area contributed by atoms with Crippen molar-refractivity contribution >= 4 is 82.5 Å². The Labute approximate surface area is 436 Å². The Morgan fingerprint density at radius 2 is 1.11 bits per heavy atom. The summed E-state index contributed by atoms with van der Waals surface area (Å²) in [6, 6.07) is 62.1. The first kappa shape index (κ1) is 42.6. The van der Waals surface area contributed by atoms with Gasteiger partial charge in [-0.2, -0.15) is 0 Å². The smallest absolute Gasteiger partial charge is 0.159 e. The SMILES string of the molecule is C1=CC2Oc3c(cccc3-n3c4ccc(-c5ccccc5-c5ccccn5)cc4c4ncccc43)C2C=C1c1ccc2c(c1)c1ncccc1n2-c1cccc2c1oc1ccc(C3=CCCC=C3c3ccccn3)cc12. The molecule has 7 aromatic heterocycles. The van der Waals surface area contributed by atoms with Gasteiger partial charge >= 0.3 is 0 Å². The van der Waals surface area contributed by atoms with Crippen LogP contribution in [0, 0.1) is 0 Å². The summed E-state index contributed by atoms with van der Waals surface area (Å²) in [7, 11) is 0. The lowest BCUT2D eigenvalue weighted by Gasteiger charge is -2.19. The highest BCUT2D eigenvalue weighted by molar-refractivity contribution is 6.14. The number of fused-ring (bicyclic) bond motifs is 12. The molecule has 16 rings (SSSR count). The molecule has 3 aliphatic rings. The molecule has 1 aliphatic heterocycles. The molecular weight excluding hydrogens is 933 g/mol. The molecule has 0 amide bonds. The zero-order valence-corrected chi connectivity index (χ0v) is 41.0. The Kier molecular flexibility index (Phi) is 9.42. The van der Waals surface area contributed by atoms with E-state index in [-0.39, 0.29) is 12.0 Å². The number of hydrogen-bond acceptors (Lipinski definition) is 6. The summed E-state index contributed by atoms with van der Waals surface area (Å²) in [6.45, 7) is 0. The highest BCUT2D eigenvalue weighted by Crippen LogP contribution is 2.49. The zero-order valence-electron chi connectivity index (χ0n) is 41.0. The molecule has 0 saturated carbocycles. The Bertz CT molecular complexity index is 4690. The Morgan fingerprint density at radius 3 is 1.88 bits per heavy atom. The number of pyridine rings is 4. The van der Waals surface area contributed by atoms with Gasteiger partial charge in [-0.3, -0.25) is 19.9 Å². The van der Waals surface area contributed by atoms with Crippen LogP contribution in [0.3, 0.4) is 0 Å². The van der Waals surface area contributed by atoms with Crippen LogP contribution in [0.15, 0.2) is 236 Å². The fraction of sp³-hybridized carbons (Fsp3) is 0.0588. The third-order valence-corrected chi connectivity index (χ3v) is 15.7. The average Bonchev–Trinajstić information content (AvgIpc) is 4.31. The number of para-hydroxylation sites is 2. The number of nitrogens with zero attached hydrogens (tertiary/aromatic N) is 6. The van der Waals surface area contributed by atoms with Gasteiger partial charge in [-0.25, -0.2) is 0 Å². The Hall–Kier alpha value is -9.92. The first-order valence-electron chi connectivity index (χ1n) is 26.0. The van der Waals surface area contributed by atoms with E-state index in [4.69, 9.17) is 29.1 Å². The summed E-state index contributed by atoms with van der Waals surface area (Å²) in [5, 5.41) is 4.31.